The van der Waals surface area contributed by atoms with Crippen molar-refractivity contribution in [2.45, 2.75) is 44.4 Å². The lowest BCUT2D eigenvalue weighted by Gasteiger charge is -2.33. The highest BCUT2D eigenvalue weighted by Crippen LogP contribution is 2.42. The van der Waals surface area contributed by atoms with Crippen molar-refractivity contribution < 1.29 is 14.6 Å². The van der Waals surface area contributed by atoms with Gasteiger partial charge in [0.15, 0.2) is 0 Å². The molecule has 2 nitrogen and oxygen atoms in total. The molecule has 0 spiro atoms. The maximum Gasteiger partial charge on any atom is 0.130 e. The van der Waals surface area contributed by atoms with Gasteiger partial charge in [-0.15, -0.1) is 0 Å². The Labute approximate surface area is 130 Å². The summed E-state index contributed by atoms with van der Waals surface area (Å²) in [7, 11) is 0. The highest BCUT2D eigenvalue weighted by atomic mass is 19.1. The van der Waals surface area contributed by atoms with Gasteiger partial charge in [0.25, 0.3) is 0 Å². The predicted octanol–water partition coefficient (Wildman–Crippen LogP) is 4.46. The first kappa shape index (κ1) is 14.9. The molecule has 3 heteroatoms. The van der Waals surface area contributed by atoms with Gasteiger partial charge in [-0.25, -0.2) is 4.39 Å². The molecule has 116 valence electrons. The molecule has 0 saturated heterocycles. The van der Waals surface area contributed by atoms with Crippen molar-refractivity contribution in [1.29, 1.82) is 0 Å². The first-order valence-electron chi connectivity index (χ1n) is 7.84. The van der Waals surface area contributed by atoms with Crippen LogP contribution in [0.2, 0.25) is 0 Å². The Balaban J connectivity index is 2.07. The molecule has 1 aliphatic carbocycles. The van der Waals surface area contributed by atoms with Crippen LogP contribution in [0.5, 0.6) is 11.5 Å². The summed E-state index contributed by atoms with van der Waals surface area (Å²) in [6.45, 7) is 2.09. The van der Waals surface area contributed by atoms with Crippen LogP contribution in [0.25, 0.3) is 0 Å². The summed E-state index contributed by atoms with van der Waals surface area (Å²) in [6.07, 6.45) is 4.38. The van der Waals surface area contributed by atoms with Gasteiger partial charge in [-0.05, 0) is 67.0 Å². The zero-order valence-electron chi connectivity index (χ0n) is 12.8. The van der Waals surface area contributed by atoms with Crippen molar-refractivity contribution in [3.63, 3.8) is 0 Å². The van der Waals surface area contributed by atoms with Gasteiger partial charge in [-0.2, -0.15) is 0 Å². The second kappa shape index (κ2) is 5.64. The summed E-state index contributed by atoms with van der Waals surface area (Å²) in [5, 5.41) is 19.1. The molecule has 0 bridgehead atoms. The minimum absolute atomic E-state index is 0.0357. The first-order valence-corrected chi connectivity index (χ1v) is 7.84. The zero-order chi connectivity index (χ0) is 15.7. The molecule has 0 aromatic heterocycles. The quantitative estimate of drug-likeness (QED) is 0.804. The van der Waals surface area contributed by atoms with Crippen LogP contribution in [0.1, 0.15) is 42.9 Å². The summed E-state index contributed by atoms with van der Waals surface area (Å²) >= 11 is 0. The van der Waals surface area contributed by atoms with Crippen molar-refractivity contribution in [2.75, 3.05) is 0 Å². The molecule has 22 heavy (non-hydrogen) atoms. The average Bonchev–Trinajstić information content (AvgIpc) is 2.66. The second-order valence-corrected chi connectivity index (χ2v) is 6.28. The largest absolute Gasteiger partial charge is 0.508 e. The number of fused-ring (bicyclic) bond motifs is 1. The van der Waals surface area contributed by atoms with E-state index in [0.29, 0.717) is 11.3 Å². The maximum absolute atomic E-state index is 14.4. The van der Waals surface area contributed by atoms with Crippen LogP contribution in [0.15, 0.2) is 36.4 Å². The first-order chi connectivity index (χ1) is 10.5. The molecular weight excluding hydrogens is 279 g/mol. The highest BCUT2D eigenvalue weighted by Gasteiger charge is 2.35. The summed E-state index contributed by atoms with van der Waals surface area (Å²) in [4.78, 5) is 0. The van der Waals surface area contributed by atoms with E-state index in [1.54, 1.807) is 18.2 Å². The van der Waals surface area contributed by atoms with E-state index in [1.165, 1.54) is 11.6 Å². The lowest BCUT2D eigenvalue weighted by Crippen LogP contribution is -2.28. The molecule has 2 N–H and O–H groups in total. The van der Waals surface area contributed by atoms with E-state index in [-0.39, 0.29) is 17.0 Å². The van der Waals surface area contributed by atoms with E-state index in [9.17, 15) is 14.6 Å². The van der Waals surface area contributed by atoms with Gasteiger partial charge >= 0.3 is 0 Å². The molecular formula is C19H21FO2. The Bertz CT molecular complexity index is 696. The van der Waals surface area contributed by atoms with Crippen LogP contribution >= 0.6 is 0 Å². The SMILES string of the molecule is CCC1(c2ccc(O)cc2F)CCCc2cc(O)ccc2C1. The highest BCUT2D eigenvalue weighted by molar-refractivity contribution is 5.41. The molecule has 1 aliphatic rings. The predicted molar refractivity (Wildman–Crippen MR) is 84.8 cm³/mol. The maximum atomic E-state index is 14.4. The van der Waals surface area contributed by atoms with Gasteiger partial charge in [0.2, 0.25) is 0 Å². The molecule has 0 heterocycles. The monoisotopic (exact) mass is 300 g/mol. The van der Waals surface area contributed by atoms with Crippen molar-refractivity contribution in [1.82, 2.24) is 0 Å². The van der Waals surface area contributed by atoms with E-state index < -0.39 is 0 Å². The van der Waals surface area contributed by atoms with Crippen LogP contribution in [0.4, 0.5) is 4.39 Å². The number of halogens is 1. The van der Waals surface area contributed by atoms with E-state index >= 15 is 0 Å². The van der Waals surface area contributed by atoms with Gasteiger partial charge in [0.1, 0.15) is 17.3 Å². The molecule has 1 unspecified atom stereocenters. The van der Waals surface area contributed by atoms with Crippen LogP contribution in [0, 0.1) is 5.82 Å². The Kier molecular flexibility index (Phi) is 3.81. The Morgan fingerprint density at radius 1 is 1.05 bits per heavy atom. The van der Waals surface area contributed by atoms with Crippen LogP contribution < -0.4 is 0 Å². The fraction of sp³-hybridized carbons (Fsp3) is 0.368. The van der Waals surface area contributed by atoms with Gasteiger partial charge in [-0.1, -0.05) is 19.1 Å². The van der Waals surface area contributed by atoms with Crippen molar-refractivity contribution in [2.24, 2.45) is 0 Å². The number of hydrogen-bond donors (Lipinski definition) is 2. The number of aromatic hydroxyl groups is 2. The summed E-state index contributed by atoms with van der Waals surface area (Å²) < 4.78 is 14.4. The minimum Gasteiger partial charge on any atom is -0.508 e. The molecule has 0 saturated carbocycles. The average molecular weight is 300 g/mol. The molecule has 0 amide bonds. The van der Waals surface area contributed by atoms with Gasteiger partial charge in [-0.3, -0.25) is 0 Å². The number of hydrogen-bond acceptors (Lipinski definition) is 2. The molecule has 0 fully saturated rings. The van der Waals surface area contributed by atoms with Crippen LogP contribution in [-0.2, 0) is 18.3 Å². The van der Waals surface area contributed by atoms with E-state index in [2.05, 4.69) is 6.92 Å². The van der Waals surface area contributed by atoms with E-state index in [4.69, 9.17) is 0 Å². The van der Waals surface area contributed by atoms with Crippen molar-refractivity contribution in [3.8, 4) is 11.5 Å². The Morgan fingerprint density at radius 2 is 1.77 bits per heavy atom. The third-order valence-corrected chi connectivity index (χ3v) is 5.02. The smallest absolute Gasteiger partial charge is 0.130 e. The molecule has 3 rings (SSSR count). The standard InChI is InChI=1S/C19H21FO2/c1-2-19(17-8-7-16(22)11-18(17)20)9-3-4-13-10-15(21)6-5-14(13)12-19/h5-8,10-11,21-22H,2-4,9,12H2,1H3. The van der Waals surface area contributed by atoms with Crippen LogP contribution in [-0.4, -0.2) is 10.2 Å². The third kappa shape index (κ3) is 2.56. The van der Waals surface area contributed by atoms with Crippen molar-refractivity contribution >= 4 is 0 Å². The topological polar surface area (TPSA) is 40.5 Å². The minimum atomic E-state index is -0.330. The number of phenolic OH excluding ortho intramolecular Hbond substituents is 2. The fourth-order valence-corrected chi connectivity index (χ4v) is 3.74. The molecule has 2 aromatic carbocycles. The van der Waals surface area contributed by atoms with Gasteiger partial charge in [0, 0.05) is 11.5 Å². The number of benzene rings is 2. The van der Waals surface area contributed by atoms with E-state index in [1.807, 2.05) is 12.1 Å². The number of rotatable bonds is 2. The summed E-state index contributed by atoms with van der Waals surface area (Å²) in [5.74, 6) is -0.0749. The lowest BCUT2D eigenvalue weighted by molar-refractivity contribution is 0.357. The fourth-order valence-electron chi connectivity index (χ4n) is 3.74. The normalized spacial score (nSPS) is 21.2. The Morgan fingerprint density at radius 3 is 2.50 bits per heavy atom. The number of aryl methyl sites for hydroxylation is 1. The van der Waals surface area contributed by atoms with Crippen molar-refractivity contribution in [3.05, 3.63) is 58.9 Å². The lowest BCUT2D eigenvalue weighted by atomic mass is 9.71. The summed E-state index contributed by atoms with van der Waals surface area (Å²) in [6, 6.07) is 9.98. The zero-order valence-corrected chi connectivity index (χ0v) is 12.8. The summed E-state index contributed by atoms with van der Waals surface area (Å²) in [5.41, 5.74) is 2.79. The van der Waals surface area contributed by atoms with Crippen LogP contribution in [0.3, 0.4) is 0 Å². The Hall–Kier alpha value is -2.03. The van der Waals surface area contributed by atoms with Gasteiger partial charge < -0.3 is 10.2 Å². The third-order valence-electron chi connectivity index (χ3n) is 5.02. The van der Waals surface area contributed by atoms with Gasteiger partial charge in [0.05, 0.1) is 0 Å². The molecule has 0 radical (unpaired) electrons. The number of phenols is 2. The second-order valence-electron chi connectivity index (χ2n) is 6.28. The molecule has 1 atom stereocenters. The molecule has 2 aromatic rings. The molecule has 0 aliphatic heterocycles. The van der Waals surface area contributed by atoms with E-state index in [0.717, 1.165) is 37.7 Å².